The van der Waals surface area contributed by atoms with Crippen LogP contribution in [0.2, 0.25) is 0 Å². The number of nitrogens with one attached hydrogen (secondary N) is 2. The second-order valence-corrected chi connectivity index (χ2v) is 5.00. The number of anilines is 1. The Morgan fingerprint density at radius 1 is 1.32 bits per heavy atom. The molecule has 0 spiro atoms. The van der Waals surface area contributed by atoms with Crippen LogP contribution < -0.4 is 15.5 Å². The quantitative estimate of drug-likeness (QED) is 0.760. The van der Waals surface area contributed by atoms with Gasteiger partial charge in [-0.05, 0) is 11.6 Å². The van der Waals surface area contributed by atoms with Crippen LogP contribution >= 0.6 is 0 Å². The summed E-state index contributed by atoms with van der Waals surface area (Å²) < 4.78 is 0. The Balaban J connectivity index is 1.87. The molecule has 2 aliphatic heterocycles. The number of carbonyl (C=O) groups is 2. The highest BCUT2D eigenvalue weighted by Crippen LogP contribution is 2.25. The van der Waals surface area contributed by atoms with Crippen LogP contribution in [0, 0.1) is 5.92 Å². The molecule has 0 radical (unpaired) electrons. The summed E-state index contributed by atoms with van der Waals surface area (Å²) in [6.07, 6.45) is 0.310. The van der Waals surface area contributed by atoms with Gasteiger partial charge in [-0.2, -0.15) is 0 Å². The highest BCUT2D eigenvalue weighted by atomic mass is 16.2. The van der Waals surface area contributed by atoms with Crippen molar-refractivity contribution in [2.24, 2.45) is 5.92 Å². The Kier molecular flexibility index (Phi) is 3.21. The summed E-state index contributed by atoms with van der Waals surface area (Å²) in [5.74, 6) is -0.201. The fourth-order valence-corrected chi connectivity index (χ4v) is 2.69. The van der Waals surface area contributed by atoms with Gasteiger partial charge < -0.3 is 15.5 Å². The Morgan fingerprint density at radius 2 is 2.16 bits per heavy atom. The van der Waals surface area contributed by atoms with E-state index in [-0.39, 0.29) is 17.7 Å². The zero-order valence-electron chi connectivity index (χ0n) is 10.7. The molecule has 2 N–H and O–H groups in total. The standard InChI is InChI=1S/C14H17N3O2/c18-13-7-11(9-16-13)14(19)17-6-5-15-8-10-3-1-2-4-12(10)17/h1-4,11,15H,5-9H2,(H,16,18). The van der Waals surface area contributed by atoms with Crippen molar-refractivity contribution in [2.75, 3.05) is 24.5 Å². The summed E-state index contributed by atoms with van der Waals surface area (Å²) in [5, 5.41) is 6.04. The Morgan fingerprint density at radius 3 is 2.95 bits per heavy atom. The van der Waals surface area contributed by atoms with Crippen LogP contribution in [0.4, 0.5) is 5.69 Å². The first-order valence-corrected chi connectivity index (χ1v) is 6.62. The van der Waals surface area contributed by atoms with Crippen LogP contribution in [0.3, 0.4) is 0 Å². The molecule has 0 aliphatic carbocycles. The van der Waals surface area contributed by atoms with E-state index in [0.29, 0.717) is 19.5 Å². The predicted octanol–water partition coefficient (Wildman–Crippen LogP) is 0.259. The number of benzene rings is 1. The number of hydrogen-bond acceptors (Lipinski definition) is 3. The third-order valence-corrected chi connectivity index (χ3v) is 3.70. The van der Waals surface area contributed by atoms with Gasteiger partial charge in [0.15, 0.2) is 0 Å². The molecule has 2 heterocycles. The summed E-state index contributed by atoms with van der Waals surface area (Å²) in [6, 6.07) is 7.94. The first kappa shape index (κ1) is 12.2. The molecule has 0 bridgehead atoms. The topological polar surface area (TPSA) is 61.4 Å². The van der Waals surface area contributed by atoms with Gasteiger partial charge in [0, 0.05) is 38.3 Å². The fraction of sp³-hybridized carbons (Fsp3) is 0.429. The second kappa shape index (κ2) is 5.01. The van der Waals surface area contributed by atoms with Crippen molar-refractivity contribution < 1.29 is 9.59 Å². The number of rotatable bonds is 1. The molecule has 1 aromatic carbocycles. The molecule has 100 valence electrons. The van der Waals surface area contributed by atoms with Crippen LogP contribution in [0.5, 0.6) is 0 Å². The summed E-state index contributed by atoms with van der Waals surface area (Å²) in [6.45, 7) is 2.67. The molecule has 5 nitrogen and oxygen atoms in total. The molecule has 1 saturated heterocycles. The number of carbonyl (C=O) groups excluding carboxylic acids is 2. The van der Waals surface area contributed by atoms with E-state index in [1.807, 2.05) is 29.2 Å². The van der Waals surface area contributed by atoms with Crippen LogP contribution in [-0.2, 0) is 16.1 Å². The van der Waals surface area contributed by atoms with Crippen molar-refractivity contribution in [3.8, 4) is 0 Å². The smallest absolute Gasteiger partial charge is 0.232 e. The molecule has 3 rings (SSSR count). The highest BCUT2D eigenvalue weighted by molar-refractivity contribution is 5.99. The van der Waals surface area contributed by atoms with E-state index in [4.69, 9.17) is 0 Å². The molecule has 0 saturated carbocycles. The normalized spacial score (nSPS) is 22.6. The number of hydrogen-bond donors (Lipinski definition) is 2. The zero-order valence-corrected chi connectivity index (χ0v) is 10.7. The largest absolute Gasteiger partial charge is 0.355 e. The molecular formula is C14H17N3O2. The average Bonchev–Trinajstić information content (AvgIpc) is 2.74. The molecule has 2 amide bonds. The Bertz CT molecular complexity index is 515. The highest BCUT2D eigenvalue weighted by Gasteiger charge is 2.32. The van der Waals surface area contributed by atoms with Gasteiger partial charge in [-0.1, -0.05) is 18.2 Å². The van der Waals surface area contributed by atoms with E-state index in [2.05, 4.69) is 10.6 Å². The maximum absolute atomic E-state index is 12.6. The molecule has 1 atom stereocenters. The third-order valence-electron chi connectivity index (χ3n) is 3.70. The van der Waals surface area contributed by atoms with Gasteiger partial charge in [-0.15, -0.1) is 0 Å². The average molecular weight is 259 g/mol. The monoisotopic (exact) mass is 259 g/mol. The first-order chi connectivity index (χ1) is 9.25. The van der Waals surface area contributed by atoms with Crippen molar-refractivity contribution >= 4 is 17.5 Å². The van der Waals surface area contributed by atoms with Crippen molar-refractivity contribution in [1.82, 2.24) is 10.6 Å². The molecule has 1 aromatic rings. The number of amides is 2. The lowest BCUT2D eigenvalue weighted by Crippen LogP contribution is -2.39. The lowest BCUT2D eigenvalue weighted by Gasteiger charge is -2.24. The summed E-state index contributed by atoms with van der Waals surface area (Å²) >= 11 is 0. The first-order valence-electron chi connectivity index (χ1n) is 6.62. The van der Waals surface area contributed by atoms with Crippen LogP contribution in [-0.4, -0.2) is 31.4 Å². The number of nitrogens with zero attached hydrogens (tertiary/aromatic N) is 1. The van der Waals surface area contributed by atoms with Gasteiger partial charge in [0.1, 0.15) is 0 Å². The molecule has 0 aromatic heterocycles. The number of fused-ring (bicyclic) bond motifs is 1. The van der Waals surface area contributed by atoms with Gasteiger partial charge in [0.2, 0.25) is 11.8 Å². The van der Waals surface area contributed by atoms with Gasteiger partial charge in [-0.3, -0.25) is 9.59 Å². The van der Waals surface area contributed by atoms with Gasteiger partial charge >= 0.3 is 0 Å². The summed E-state index contributed by atoms with van der Waals surface area (Å²) in [4.78, 5) is 25.6. The van der Waals surface area contributed by atoms with E-state index in [1.54, 1.807) is 0 Å². The lowest BCUT2D eigenvalue weighted by molar-refractivity contribution is -0.124. The van der Waals surface area contributed by atoms with Crippen LogP contribution in [0.15, 0.2) is 24.3 Å². The van der Waals surface area contributed by atoms with Crippen molar-refractivity contribution in [3.63, 3.8) is 0 Å². The predicted molar refractivity (Wildman–Crippen MR) is 71.6 cm³/mol. The minimum absolute atomic E-state index is 0.0282. The van der Waals surface area contributed by atoms with Gasteiger partial charge in [0.25, 0.3) is 0 Å². The molecule has 1 unspecified atom stereocenters. The molecule has 1 fully saturated rings. The Labute approximate surface area is 112 Å². The molecule has 19 heavy (non-hydrogen) atoms. The Hall–Kier alpha value is -1.88. The summed E-state index contributed by atoms with van der Waals surface area (Å²) in [5.41, 5.74) is 2.10. The van der Waals surface area contributed by atoms with E-state index in [0.717, 1.165) is 24.3 Å². The van der Waals surface area contributed by atoms with E-state index >= 15 is 0 Å². The minimum atomic E-state index is -0.223. The van der Waals surface area contributed by atoms with Gasteiger partial charge in [0.05, 0.1) is 5.92 Å². The van der Waals surface area contributed by atoms with Crippen LogP contribution in [0.1, 0.15) is 12.0 Å². The number of para-hydroxylation sites is 1. The maximum Gasteiger partial charge on any atom is 0.232 e. The minimum Gasteiger partial charge on any atom is -0.355 e. The molecule has 2 aliphatic rings. The van der Waals surface area contributed by atoms with Crippen molar-refractivity contribution in [3.05, 3.63) is 29.8 Å². The van der Waals surface area contributed by atoms with E-state index in [9.17, 15) is 9.59 Å². The third kappa shape index (κ3) is 2.33. The van der Waals surface area contributed by atoms with E-state index in [1.165, 1.54) is 0 Å². The van der Waals surface area contributed by atoms with Crippen molar-refractivity contribution in [2.45, 2.75) is 13.0 Å². The van der Waals surface area contributed by atoms with Crippen molar-refractivity contribution in [1.29, 1.82) is 0 Å². The fourth-order valence-electron chi connectivity index (χ4n) is 2.69. The van der Waals surface area contributed by atoms with Gasteiger partial charge in [-0.25, -0.2) is 0 Å². The zero-order chi connectivity index (χ0) is 13.2. The molecule has 5 heteroatoms. The molecular weight excluding hydrogens is 242 g/mol. The summed E-state index contributed by atoms with van der Waals surface area (Å²) in [7, 11) is 0. The maximum atomic E-state index is 12.6. The van der Waals surface area contributed by atoms with E-state index < -0.39 is 0 Å². The van der Waals surface area contributed by atoms with Crippen LogP contribution in [0.25, 0.3) is 0 Å². The lowest BCUT2D eigenvalue weighted by atomic mass is 10.1. The second-order valence-electron chi connectivity index (χ2n) is 5.00. The SMILES string of the molecule is O=C1CC(C(=O)N2CCNCc3ccccc32)CN1.